The van der Waals surface area contributed by atoms with Gasteiger partial charge in [0.15, 0.2) is 0 Å². The molecule has 16 heavy (non-hydrogen) atoms. The molecule has 0 bridgehead atoms. The van der Waals surface area contributed by atoms with Crippen molar-refractivity contribution in [2.45, 2.75) is 26.3 Å². The molecule has 0 aromatic heterocycles. The van der Waals surface area contributed by atoms with Gasteiger partial charge in [-0.1, -0.05) is 32.0 Å². The molecule has 0 heterocycles. The van der Waals surface area contributed by atoms with Crippen LogP contribution in [0.3, 0.4) is 0 Å². The maximum atomic E-state index is 11.6. The van der Waals surface area contributed by atoms with Crippen LogP contribution in [0, 0.1) is 5.41 Å². The molecular formula is C13H18N2O. The van der Waals surface area contributed by atoms with Gasteiger partial charge < -0.3 is 10.6 Å². The Bertz CT molecular complexity index is 373. The van der Waals surface area contributed by atoms with Gasteiger partial charge in [0.1, 0.15) is 0 Å². The van der Waals surface area contributed by atoms with Crippen molar-refractivity contribution in [2.24, 2.45) is 5.41 Å². The smallest absolute Gasteiger partial charge is 0.239 e. The van der Waals surface area contributed by atoms with E-state index in [1.54, 1.807) is 0 Å². The predicted molar refractivity (Wildman–Crippen MR) is 65.3 cm³/mol. The molecule has 0 aliphatic heterocycles. The zero-order valence-corrected chi connectivity index (χ0v) is 9.79. The third-order valence-electron chi connectivity index (χ3n) is 3.08. The van der Waals surface area contributed by atoms with Crippen molar-refractivity contribution in [2.75, 3.05) is 11.9 Å². The van der Waals surface area contributed by atoms with Gasteiger partial charge in [-0.2, -0.15) is 0 Å². The average Bonchev–Trinajstić information content (AvgIpc) is 2.84. The van der Waals surface area contributed by atoms with Gasteiger partial charge in [-0.25, -0.2) is 0 Å². The van der Waals surface area contributed by atoms with E-state index in [1.165, 1.54) is 0 Å². The highest BCUT2D eigenvalue weighted by atomic mass is 16.2. The Morgan fingerprint density at radius 3 is 2.56 bits per heavy atom. The standard InChI is InChI=1S/C13H18N2O/c1-13(2)8-11(13)15-12(16)9-14-10-6-4-3-5-7-10/h3-7,11,14H,8-9H2,1-2H3,(H,15,16). The lowest BCUT2D eigenvalue weighted by atomic mass is 10.2. The maximum absolute atomic E-state index is 11.6. The molecule has 0 spiro atoms. The van der Waals surface area contributed by atoms with Gasteiger partial charge in [0.05, 0.1) is 6.54 Å². The van der Waals surface area contributed by atoms with Gasteiger partial charge in [0, 0.05) is 11.7 Å². The fourth-order valence-corrected chi connectivity index (χ4v) is 1.70. The molecule has 2 rings (SSSR count). The van der Waals surface area contributed by atoms with Crippen LogP contribution in [0.1, 0.15) is 20.3 Å². The number of para-hydroxylation sites is 1. The fourth-order valence-electron chi connectivity index (χ4n) is 1.70. The Morgan fingerprint density at radius 2 is 2.00 bits per heavy atom. The first-order valence-electron chi connectivity index (χ1n) is 5.66. The molecule has 1 atom stereocenters. The van der Waals surface area contributed by atoms with Crippen LogP contribution in [-0.2, 0) is 4.79 Å². The molecule has 0 radical (unpaired) electrons. The second kappa shape index (κ2) is 4.16. The summed E-state index contributed by atoms with van der Waals surface area (Å²) < 4.78 is 0. The Kier molecular flexibility index (Phi) is 2.86. The maximum Gasteiger partial charge on any atom is 0.239 e. The summed E-state index contributed by atoms with van der Waals surface area (Å²) in [5, 5.41) is 6.11. The van der Waals surface area contributed by atoms with Crippen molar-refractivity contribution < 1.29 is 4.79 Å². The van der Waals surface area contributed by atoms with E-state index in [-0.39, 0.29) is 5.91 Å². The van der Waals surface area contributed by atoms with Crippen molar-refractivity contribution in [3.05, 3.63) is 30.3 Å². The number of amides is 1. The number of anilines is 1. The van der Waals surface area contributed by atoms with Crippen molar-refractivity contribution in [1.29, 1.82) is 0 Å². The number of benzene rings is 1. The highest BCUT2D eigenvalue weighted by Crippen LogP contribution is 2.44. The summed E-state index contributed by atoms with van der Waals surface area (Å²) in [6.07, 6.45) is 1.09. The van der Waals surface area contributed by atoms with Crippen LogP contribution >= 0.6 is 0 Å². The second-order valence-electron chi connectivity index (χ2n) is 5.03. The zero-order chi connectivity index (χ0) is 11.6. The number of hydrogen-bond donors (Lipinski definition) is 2. The van der Waals surface area contributed by atoms with E-state index >= 15 is 0 Å². The average molecular weight is 218 g/mol. The van der Waals surface area contributed by atoms with Crippen molar-refractivity contribution in [1.82, 2.24) is 5.32 Å². The lowest BCUT2D eigenvalue weighted by Crippen LogP contribution is -2.33. The Balaban J connectivity index is 1.73. The Hall–Kier alpha value is -1.51. The van der Waals surface area contributed by atoms with Crippen LogP contribution in [-0.4, -0.2) is 18.5 Å². The minimum Gasteiger partial charge on any atom is -0.376 e. The molecule has 1 unspecified atom stereocenters. The fraction of sp³-hybridized carbons (Fsp3) is 0.462. The lowest BCUT2D eigenvalue weighted by Gasteiger charge is -2.08. The summed E-state index contributed by atoms with van der Waals surface area (Å²) >= 11 is 0. The van der Waals surface area contributed by atoms with E-state index in [2.05, 4.69) is 24.5 Å². The zero-order valence-electron chi connectivity index (χ0n) is 9.79. The van der Waals surface area contributed by atoms with Crippen LogP contribution in [0.2, 0.25) is 0 Å². The van der Waals surface area contributed by atoms with E-state index in [0.29, 0.717) is 18.0 Å². The van der Waals surface area contributed by atoms with Crippen molar-refractivity contribution in [3.8, 4) is 0 Å². The topological polar surface area (TPSA) is 41.1 Å². The van der Waals surface area contributed by atoms with Gasteiger partial charge in [-0.15, -0.1) is 0 Å². The number of rotatable bonds is 4. The van der Waals surface area contributed by atoms with Gasteiger partial charge in [0.2, 0.25) is 5.91 Å². The lowest BCUT2D eigenvalue weighted by molar-refractivity contribution is -0.119. The molecule has 1 aromatic carbocycles. The quantitative estimate of drug-likeness (QED) is 0.811. The summed E-state index contributed by atoms with van der Waals surface area (Å²) in [4.78, 5) is 11.6. The van der Waals surface area contributed by atoms with Crippen molar-refractivity contribution >= 4 is 11.6 Å². The molecule has 1 fully saturated rings. The van der Waals surface area contributed by atoms with Crippen LogP contribution < -0.4 is 10.6 Å². The number of carbonyl (C=O) groups excluding carboxylic acids is 1. The molecular weight excluding hydrogens is 200 g/mol. The molecule has 2 N–H and O–H groups in total. The number of hydrogen-bond acceptors (Lipinski definition) is 2. The first-order chi connectivity index (χ1) is 7.58. The number of carbonyl (C=O) groups is 1. The molecule has 1 aromatic rings. The second-order valence-corrected chi connectivity index (χ2v) is 5.03. The molecule has 0 saturated heterocycles. The minimum atomic E-state index is 0.0689. The van der Waals surface area contributed by atoms with Crippen LogP contribution in [0.15, 0.2) is 30.3 Å². The number of nitrogens with one attached hydrogen (secondary N) is 2. The molecule has 3 heteroatoms. The molecule has 1 aliphatic rings. The normalized spacial score (nSPS) is 21.2. The highest BCUT2D eigenvalue weighted by Gasteiger charge is 2.46. The van der Waals surface area contributed by atoms with E-state index in [4.69, 9.17) is 0 Å². The van der Waals surface area contributed by atoms with E-state index in [9.17, 15) is 4.79 Å². The van der Waals surface area contributed by atoms with Gasteiger partial charge in [0.25, 0.3) is 0 Å². The summed E-state index contributed by atoms with van der Waals surface area (Å²) in [6, 6.07) is 10.1. The third-order valence-corrected chi connectivity index (χ3v) is 3.08. The van der Waals surface area contributed by atoms with Gasteiger partial charge in [-0.05, 0) is 24.0 Å². The van der Waals surface area contributed by atoms with Gasteiger partial charge >= 0.3 is 0 Å². The summed E-state index contributed by atoms with van der Waals surface area (Å²) in [6.45, 7) is 4.68. The summed E-state index contributed by atoms with van der Waals surface area (Å²) in [5.74, 6) is 0.0689. The van der Waals surface area contributed by atoms with E-state index < -0.39 is 0 Å². The molecule has 1 saturated carbocycles. The SMILES string of the molecule is CC1(C)CC1NC(=O)CNc1ccccc1. The van der Waals surface area contributed by atoms with Crippen LogP contribution in [0.25, 0.3) is 0 Å². The molecule has 1 amide bonds. The van der Waals surface area contributed by atoms with E-state index in [0.717, 1.165) is 12.1 Å². The summed E-state index contributed by atoms with van der Waals surface area (Å²) in [5.41, 5.74) is 1.27. The molecule has 86 valence electrons. The van der Waals surface area contributed by atoms with Crippen LogP contribution in [0.4, 0.5) is 5.69 Å². The summed E-state index contributed by atoms with van der Waals surface area (Å²) in [7, 11) is 0. The highest BCUT2D eigenvalue weighted by molar-refractivity contribution is 5.81. The van der Waals surface area contributed by atoms with E-state index in [1.807, 2.05) is 30.3 Å². The Morgan fingerprint density at radius 1 is 1.38 bits per heavy atom. The predicted octanol–water partition coefficient (Wildman–Crippen LogP) is 2.01. The molecule has 3 nitrogen and oxygen atoms in total. The first kappa shape index (κ1) is 11.0. The monoisotopic (exact) mass is 218 g/mol. The Labute approximate surface area is 96.2 Å². The van der Waals surface area contributed by atoms with Crippen molar-refractivity contribution in [3.63, 3.8) is 0 Å². The first-order valence-corrected chi connectivity index (χ1v) is 5.66. The minimum absolute atomic E-state index is 0.0689. The van der Waals surface area contributed by atoms with Crippen LogP contribution in [0.5, 0.6) is 0 Å². The molecule has 1 aliphatic carbocycles. The largest absolute Gasteiger partial charge is 0.376 e. The van der Waals surface area contributed by atoms with Gasteiger partial charge in [-0.3, -0.25) is 4.79 Å². The third kappa shape index (κ3) is 2.75.